The third-order valence-electron chi connectivity index (χ3n) is 2.96. The summed E-state index contributed by atoms with van der Waals surface area (Å²) < 4.78 is 5.63. The van der Waals surface area contributed by atoms with E-state index in [1.54, 1.807) is 24.3 Å². The van der Waals surface area contributed by atoms with Gasteiger partial charge in [-0.15, -0.1) is 0 Å². The number of nitrogens with zero attached hydrogens (tertiary/aromatic N) is 2. The van der Waals surface area contributed by atoms with Crippen LogP contribution in [-0.2, 0) is 4.79 Å². The minimum Gasteiger partial charge on any atom is -0.424 e. The van der Waals surface area contributed by atoms with Crippen LogP contribution in [0, 0.1) is 19.3 Å². The smallest absolute Gasteiger partial charge is 0.322 e. The van der Waals surface area contributed by atoms with Gasteiger partial charge in [0.1, 0.15) is 5.75 Å². The highest BCUT2D eigenvalue weighted by Gasteiger charge is 2.21. The van der Waals surface area contributed by atoms with E-state index in [1.807, 2.05) is 40.7 Å². The lowest BCUT2D eigenvalue weighted by atomic mass is 9.95. The molecule has 2 aromatic rings. The van der Waals surface area contributed by atoms with Crippen molar-refractivity contribution in [2.45, 2.75) is 34.6 Å². The van der Waals surface area contributed by atoms with Crippen molar-refractivity contribution >= 4 is 11.6 Å². The van der Waals surface area contributed by atoms with E-state index in [2.05, 4.69) is 15.3 Å². The fraction of sp³-hybridized carbons (Fsp3) is 0.353. The van der Waals surface area contributed by atoms with Crippen LogP contribution in [0.3, 0.4) is 0 Å². The number of aryl methyl sites for hydroxylation is 2. The number of amides is 1. The molecule has 1 aromatic heterocycles. The molecule has 5 nitrogen and oxygen atoms in total. The van der Waals surface area contributed by atoms with E-state index in [9.17, 15) is 4.79 Å². The summed E-state index contributed by atoms with van der Waals surface area (Å²) >= 11 is 0. The van der Waals surface area contributed by atoms with E-state index in [1.165, 1.54) is 0 Å². The molecule has 0 saturated carbocycles. The molecule has 0 aliphatic heterocycles. The molecule has 1 heterocycles. The number of carbonyl (C=O) groups excluding carboxylic acids is 1. The number of anilines is 1. The molecule has 0 aliphatic carbocycles. The number of hydrogen-bond acceptors (Lipinski definition) is 4. The first-order valence-electron chi connectivity index (χ1n) is 7.16. The molecule has 1 amide bonds. The largest absolute Gasteiger partial charge is 0.424 e. The fourth-order valence-corrected chi connectivity index (χ4v) is 1.77. The summed E-state index contributed by atoms with van der Waals surface area (Å²) in [4.78, 5) is 20.4. The van der Waals surface area contributed by atoms with Gasteiger partial charge in [-0.3, -0.25) is 4.79 Å². The Kier molecular flexibility index (Phi) is 4.45. The van der Waals surface area contributed by atoms with Crippen LogP contribution in [0.5, 0.6) is 11.8 Å². The number of hydrogen-bond donors (Lipinski definition) is 1. The van der Waals surface area contributed by atoms with Crippen LogP contribution >= 0.6 is 0 Å². The summed E-state index contributed by atoms with van der Waals surface area (Å²) in [6, 6.07) is 9.35. The number of benzene rings is 1. The van der Waals surface area contributed by atoms with Gasteiger partial charge in [0, 0.05) is 22.5 Å². The third-order valence-corrected chi connectivity index (χ3v) is 2.96. The van der Waals surface area contributed by atoms with Crippen molar-refractivity contribution < 1.29 is 9.53 Å². The Morgan fingerprint density at radius 3 is 2.09 bits per heavy atom. The quantitative estimate of drug-likeness (QED) is 0.934. The highest BCUT2D eigenvalue weighted by Crippen LogP contribution is 2.22. The molecule has 0 fully saturated rings. The molecule has 22 heavy (non-hydrogen) atoms. The molecular formula is C17H21N3O2. The van der Waals surface area contributed by atoms with E-state index < -0.39 is 5.41 Å². The Morgan fingerprint density at radius 2 is 1.59 bits per heavy atom. The van der Waals surface area contributed by atoms with Crippen molar-refractivity contribution in [1.82, 2.24) is 9.97 Å². The van der Waals surface area contributed by atoms with Crippen LogP contribution in [0.4, 0.5) is 5.69 Å². The first-order valence-corrected chi connectivity index (χ1v) is 7.16. The Hall–Kier alpha value is -2.43. The molecule has 5 heteroatoms. The monoisotopic (exact) mass is 299 g/mol. The molecule has 0 unspecified atom stereocenters. The van der Waals surface area contributed by atoms with Crippen LogP contribution in [-0.4, -0.2) is 15.9 Å². The third kappa shape index (κ3) is 4.28. The van der Waals surface area contributed by atoms with Gasteiger partial charge in [0.15, 0.2) is 0 Å². The minimum atomic E-state index is -0.428. The van der Waals surface area contributed by atoms with Crippen molar-refractivity contribution in [2.24, 2.45) is 5.41 Å². The average Bonchev–Trinajstić information content (AvgIpc) is 2.38. The molecule has 116 valence electrons. The molecule has 0 saturated heterocycles. The van der Waals surface area contributed by atoms with Crippen molar-refractivity contribution in [2.75, 3.05) is 5.32 Å². The summed E-state index contributed by atoms with van der Waals surface area (Å²) in [7, 11) is 0. The Morgan fingerprint density at radius 1 is 1.05 bits per heavy atom. The van der Waals surface area contributed by atoms with Crippen molar-refractivity contribution in [1.29, 1.82) is 0 Å². The Balaban J connectivity index is 2.07. The van der Waals surface area contributed by atoms with Crippen LogP contribution in [0.2, 0.25) is 0 Å². The maximum atomic E-state index is 11.9. The van der Waals surface area contributed by atoms with Gasteiger partial charge >= 0.3 is 6.01 Å². The minimum absolute atomic E-state index is 0.0289. The summed E-state index contributed by atoms with van der Waals surface area (Å²) in [5, 5.41) is 2.87. The van der Waals surface area contributed by atoms with Gasteiger partial charge in [-0.25, -0.2) is 9.97 Å². The SMILES string of the molecule is Cc1cc(C)nc(Oc2ccc(NC(=O)C(C)(C)C)cc2)n1. The van der Waals surface area contributed by atoms with Crippen LogP contribution < -0.4 is 10.1 Å². The first-order chi connectivity index (χ1) is 10.2. The predicted molar refractivity (Wildman–Crippen MR) is 86.1 cm³/mol. The zero-order chi connectivity index (χ0) is 16.3. The van der Waals surface area contributed by atoms with Crippen molar-refractivity contribution in [3.8, 4) is 11.8 Å². The standard InChI is InChI=1S/C17H21N3O2/c1-11-10-12(2)19-16(18-11)22-14-8-6-13(7-9-14)20-15(21)17(3,4)5/h6-10H,1-5H3,(H,20,21). The van der Waals surface area contributed by atoms with Gasteiger partial charge in [0.2, 0.25) is 5.91 Å². The summed E-state index contributed by atoms with van der Waals surface area (Å²) in [5.41, 5.74) is 2.02. The molecule has 0 aliphatic rings. The molecule has 0 atom stereocenters. The van der Waals surface area contributed by atoms with Crippen LogP contribution in [0.25, 0.3) is 0 Å². The number of aromatic nitrogens is 2. The van der Waals surface area contributed by atoms with E-state index in [4.69, 9.17) is 4.74 Å². The normalized spacial score (nSPS) is 11.1. The van der Waals surface area contributed by atoms with Crippen LogP contribution in [0.1, 0.15) is 32.2 Å². The lowest BCUT2D eigenvalue weighted by Crippen LogP contribution is -2.27. The molecule has 0 spiro atoms. The maximum Gasteiger partial charge on any atom is 0.322 e. The highest BCUT2D eigenvalue weighted by atomic mass is 16.5. The van der Waals surface area contributed by atoms with Gasteiger partial charge in [0.25, 0.3) is 0 Å². The zero-order valence-electron chi connectivity index (χ0n) is 13.6. The first kappa shape index (κ1) is 15.9. The van der Waals surface area contributed by atoms with Crippen LogP contribution in [0.15, 0.2) is 30.3 Å². The zero-order valence-corrected chi connectivity index (χ0v) is 13.6. The second-order valence-corrected chi connectivity index (χ2v) is 6.26. The van der Waals surface area contributed by atoms with Gasteiger partial charge in [0.05, 0.1) is 0 Å². The van der Waals surface area contributed by atoms with Crippen molar-refractivity contribution in [3.05, 3.63) is 41.7 Å². The molecule has 0 bridgehead atoms. The highest BCUT2D eigenvalue weighted by molar-refractivity contribution is 5.94. The molecule has 1 aromatic carbocycles. The van der Waals surface area contributed by atoms with Gasteiger partial charge < -0.3 is 10.1 Å². The van der Waals surface area contributed by atoms with E-state index >= 15 is 0 Å². The van der Waals surface area contributed by atoms with E-state index in [-0.39, 0.29) is 5.91 Å². The van der Waals surface area contributed by atoms with E-state index in [0.717, 1.165) is 17.1 Å². The fourth-order valence-electron chi connectivity index (χ4n) is 1.77. The van der Waals surface area contributed by atoms with E-state index in [0.29, 0.717) is 11.8 Å². The number of nitrogens with one attached hydrogen (secondary N) is 1. The summed E-state index contributed by atoms with van der Waals surface area (Å²) in [5.74, 6) is 0.595. The molecule has 2 rings (SSSR count). The lowest BCUT2D eigenvalue weighted by Gasteiger charge is -2.17. The van der Waals surface area contributed by atoms with Crippen molar-refractivity contribution in [3.63, 3.8) is 0 Å². The Labute approximate surface area is 130 Å². The van der Waals surface area contributed by atoms with Gasteiger partial charge in [-0.1, -0.05) is 20.8 Å². The Bertz CT molecular complexity index is 653. The van der Waals surface area contributed by atoms with Gasteiger partial charge in [-0.2, -0.15) is 0 Å². The second kappa shape index (κ2) is 6.13. The van der Waals surface area contributed by atoms with Gasteiger partial charge in [-0.05, 0) is 44.2 Å². The number of carbonyl (C=O) groups is 1. The molecular weight excluding hydrogens is 278 g/mol. The summed E-state index contributed by atoms with van der Waals surface area (Å²) in [6.07, 6.45) is 0. The summed E-state index contributed by atoms with van der Waals surface area (Å²) in [6.45, 7) is 9.41. The predicted octanol–water partition coefficient (Wildman–Crippen LogP) is 3.87. The topological polar surface area (TPSA) is 64.1 Å². The number of rotatable bonds is 3. The average molecular weight is 299 g/mol. The molecule has 0 radical (unpaired) electrons. The number of ether oxygens (including phenoxy) is 1. The molecule has 1 N–H and O–H groups in total. The second-order valence-electron chi connectivity index (χ2n) is 6.26. The lowest BCUT2D eigenvalue weighted by molar-refractivity contribution is -0.123. The maximum absolute atomic E-state index is 11.9.